The number of thiazole rings is 1. The molecule has 0 saturated carbocycles. The number of aryl methyl sites for hydroxylation is 1. The van der Waals surface area contributed by atoms with Crippen molar-refractivity contribution in [3.8, 4) is 0 Å². The van der Waals surface area contributed by atoms with Crippen LogP contribution in [0.25, 0.3) is 5.65 Å². The summed E-state index contributed by atoms with van der Waals surface area (Å²) in [7, 11) is 0. The third-order valence-corrected chi connectivity index (χ3v) is 4.92. The summed E-state index contributed by atoms with van der Waals surface area (Å²) in [6.07, 6.45) is -0.282. The lowest BCUT2D eigenvalue weighted by molar-refractivity contribution is 0.239. The van der Waals surface area contributed by atoms with E-state index in [-0.39, 0.29) is 6.04 Å². The maximum absolute atomic E-state index is 13.9. The molecule has 1 aliphatic heterocycles. The molecule has 0 unspecified atom stereocenters. The summed E-state index contributed by atoms with van der Waals surface area (Å²) in [5, 5.41) is 21.8. The second kappa shape index (κ2) is 6.36. The average molecular weight is 348 g/mol. The van der Waals surface area contributed by atoms with E-state index < -0.39 is 6.17 Å². The van der Waals surface area contributed by atoms with Crippen molar-refractivity contribution in [2.45, 2.75) is 32.1 Å². The van der Waals surface area contributed by atoms with Crippen LogP contribution in [-0.4, -0.2) is 60.4 Å². The fourth-order valence-corrected chi connectivity index (χ4v) is 3.59. The fourth-order valence-electron chi connectivity index (χ4n) is 2.98. The van der Waals surface area contributed by atoms with Crippen LogP contribution in [0.4, 0.5) is 10.2 Å². The van der Waals surface area contributed by atoms with Crippen LogP contribution in [-0.2, 0) is 6.54 Å². The maximum atomic E-state index is 13.9. The normalized spacial score (nSPS) is 21.6. The first kappa shape index (κ1) is 15.3. The Labute approximate surface area is 141 Å². The number of fused-ring (bicyclic) bond motifs is 1. The molecular formula is C14H17FN8S. The topological polar surface area (TPSA) is 84.1 Å². The molecule has 4 rings (SSSR count). The van der Waals surface area contributed by atoms with Crippen LogP contribution >= 0.6 is 11.3 Å². The quantitative estimate of drug-likeness (QED) is 0.744. The van der Waals surface area contributed by atoms with E-state index in [1.807, 2.05) is 18.4 Å². The van der Waals surface area contributed by atoms with Crippen LogP contribution in [0.15, 0.2) is 17.5 Å². The molecule has 1 saturated heterocycles. The number of aromatic nitrogens is 6. The van der Waals surface area contributed by atoms with Crippen molar-refractivity contribution >= 4 is 22.8 Å². The highest BCUT2D eigenvalue weighted by molar-refractivity contribution is 7.09. The number of anilines is 1. The van der Waals surface area contributed by atoms with E-state index in [4.69, 9.17) is 0 Å². The van der Waals surface area contributed by atoms with Gasteiger partial charge in [0.1, 0.15) is 12.0 Å². The summed E-state index contributed by atoms with van der Waals surface area (Å²) >= 11 is 1.62. The highest BCUT2D eigenvalue weighted by Gasteiger charge is 2.32. The lowest BCUT2D eigenvalue weighted by atomic mass is 10.2. The number of likely N-dealkylation sites (tertiary alicyclic amines) is 1. The minimum Gasteiger partial charge on any atom is -0.367 e. The summed E-state index contributed by atoms with van der Waals surface area (Å²) in [5.41, 5.74) is 1.59. The molecule has 8 nitrogen and oxygen atoms in total. The Kier molecular flexibility index (Phi) is 4.07. The number of nitrogens with zero attached hydrogens (tertiary/aromatic N) is 7. The molecule has 3 aromatic rings. The second-order valence-corrected chi connectivity index (χ2v) is 6.96. The summed E-state index contributed by atoms with van der Waals surface area (Å²) < 4.78 is 15.3. The van der Waals surface area contributed by atoms with E-state index >= 15 is 0 Å². The van der Waals surface area contributed by atoms with Gasteiger partial charge in [0.15, 0.2) is 5.65 Å². The molecule has 1 aliphatic rings. The van der Waals surface area contributed by atoms with Crippen LogP contribution in [0.2, 0.25) is 0 Å². The van der Waals surface area contributed by atoms with Gasteiger partial charge in [-0.1, -0.05) is 0 Å². The van der Waals surface area contributed by atoms with E-state index in [2.05, 4.69) is 35.8 Å². The van der Waals surface area contributed by atoms with Gasteiger partial charge in [-0.3, -0.25) is 4.90 Å². The van der Waals surface area contributed by atoms with E-state index in [9.17, 15) is 4.39 Å². The zero-order chi connectivity index (χ0) is 16.5. The first-order chi connectivity index (χ1) is 11.7. The lowest BCUT2D eigenvalue weighted by Crippen LogP contribution is -2.34. The molecule has 0 spiro atoms. The molecule has 0 radical (unpaired) electrons. The highest BCUT2D eigenvalue weighted by Crippen LogP contribution is 2.23. The van der Waals surface area contributed by atoms with Crippen molar-refractivity contribution in [3.63, 3.8) is 0 Å². The molecular weight excluding hydrogens is 331 g/mol. The van der Waals surface area contributed by atoms with Crippen molar-refractivity contribution in [2.75, 3.05) is 18.4 Å². The van der Waals surface area contributed by atoms with Gasteiger partial charge < -0.3 is 5.32 Å². The molecule has 0 amide bonds. The van der Waals surface area contributed by atoms with Crippen molar-refractivity contribution < 1.29 is 4.39 Å². The third kappa shape index (κ3) is 3.20. The predicted molar refractivity (Wildman–Crippen MR) is 87.6 cm³/mol. The van der Waals surface area contributed by atoms with Gasteiger partial charge in [0.2, 0.25) is 0 Å². The predicted octanol–water partition coefficient (Wildman–Crippen LogP) is 1.31. The Balaban J connectivity index is 1.41. The summed E-state index contributed by atoms with van der Waals surface area (Å²) in [4.78, 5) is 6.62. The van der Waals surface area contributed by atoms with E-state index in [1.165, 1.54) is 4.63 Å². The van der Waals surface area contributed by atoms with Crippen LogP contribution in [0.3, 0.4) is 0 Å². The van der Waals surface area contributed by atoms with Gasteiger partial charge in [0.05, 0.1) is 10.7 Å². The standard InChI is InChI=1S/C14H17FN8S/c1-9-17-11(8-24-9)7-22-6-10(15)4-12(22)5-16-13-2-3-14-18-20-21-23(14)19-13/h2-3,8,10,12H,4-7H2,1H3,(H,16,19)/t10-,12-/m0/s1. The summed E-state index contributed by atoms with van der Waals surface area (Å²) in [6.45, 7) is 3.72. The Bertz CT molecular complexity index is 833. The van der Waals surface area contributed by atoms with Crippen LogP contribution in [0, 0.1) is 6.92 Å². The zero-order valence-corrected chi connectivity index (χ0v) is 13.9. The fraction of sp³-hybridized carbons (Fsp3) is 0.500. The van der Waals surface area contributed by atoms with Crippen LogP contribution < -0.4 is 5.32 Å². The average Bonchev–Trinajstić information content (AvgIpc) is 3.26. The summed E-state index contributed by atoms with van der Waals surface area (Å²) in [6, 6.07) is 3.72. The number of rotatable bonds is 5. The molecule has 4 heterocycles. The summed E-state index contributed by atoms with van der Waals surface area (Å²) in [5.74, 6) is 0.668. The largest absolute Gasteiger partial charge is 0.367 e. The first-order valence-corrected chi connectivity index (χ1v) is 8.64. The molecule has 1 fully saturated rings. The number of halogens is 1. The maximum Gasteiger partial charge on any atom is 0.200 e. The Morgan fingerprint density at radius 1 is 1.42 bits per heavy atom. The molecule has 0 bridgehead atoms. The second-order valence-electron chi connectivity index (χ2n) is 5.90. The molecule has 0 aliphatic carbocycles. The minimum absolute atomic E-state index is 0.105. The number of tetrazole rings is 1. The van der Waals surface area contributed by atoms with Gasteiger partial charge in [-0.2, -0.15) is 0 Å². The molecule has 3 aromatic heterocycles. The number of hydrogen-bond acceptors (Lipinski definition) is 8. The van der Waals surface area contributed by atoms with Crippen LogP contribution in [0.5, 0.6) is 0 Å². The molecule has 10 heteroatoms. The van der Waals surface area contributed by atoms with E-state index in [0.717, 1.165) is 10.7 Å². The SMILES string of the molecule is Cc1nc(CN2C[C@@H](F)C[C@H]2CNc2ccc3nnnn3n2)cs1. The Morgan fingerprint density at radius 3 is 3.17 bits per heavy atom. The third-order valence-electron chi connectivity index (χ3n) is 4.10. The number of nitrogens with one attached hydrogen (secondary N) is 1. The van der Waals surface area contributed by atoms with E-state index in [1.54, 1.807) is 17.4 Å². The van der Waals surface area contributed by atoms with Crippen molar-refractivity contribution in [3.05, 3.63) is 28.2 Å². The molecule has 24 heavy (non-hydrogen) atoms. The van der Waals surface area contributed by atoms with Crippen molar-refractivity contribution in [1.82, 2.24) is 35.1 Å². The Hall–Kier alpha value is -2.20. The highest BCUT2D eigenvalue weighted by atomic mass is 32.1. The van der Waals surface area contributed by atoms with Gasteiger partial charge in [-0.25, -0.2) is 9.37 Å². The smallest absolute Gasteiger partial charge is 0.200 e. The number of alkyl halides is 1. The molecule has 2 atom stereocenters. The van der Waals surface area contributed by atoms with Crippen molar-refractivity contribution in [2.24, 2.45) is 0 Å². The van der Waals surface area contributed by atoms with Gasteiger partial charge in [-0.05, 0) is 35.9 Å². The molecule has 1 N–H and O–H groups in total. The van der Waals surface area contributed by atoms with Crippen LogP contribution in [0.1, 0.15) is 17.1 Å². The molecule has 0 aromatic carbocycles. The first-order valence-electron chi connectivity index (χ1n) is 7.76. The molecule has 126 valence electrons. The lowest BCUT2D eigenvalue weighted by Gasteiger charge is -2.23. The van der Waals surface area contributed by atoms with Gasteiger partial charge in [0, 0.05) is 31.1 Å². The zero-order valence-electron chi connectivity index (χ0n) is 13.1. The van der Waals surface area contributed by atoms with E-state index in [0.29, 0.717) is 37.5 Å². The monoisotopic (exact) mass is 348 g/mol. The van der Waals surface area contributed by atoms with Gasteiger partial charge in [-0.15, -0.1) is 26.2 Å². The van der Waals surface area contributed by atoms with Crippen molar-refractivity contribution in [1.29, 1.82) is 0 Å². The Morgan fingerprint density at radius 2 is 2.33 bits per heavy atom. The van der Waals surface area contributed by atoms with Gasteiger partial charge >= 0.3 is 0 Å². The van der Waals surface area contributed by atoms with Gasteiger partial charge in [0.25, 0.3) is 0 Å². The minimum atomic E-state index is -0.800. The number of hydrogen-bond donors (Lipinski definition) is 1.